The van der Waals surface area contributed by atoms with Gasteiger partial charge >= 0.3 is 0 Å². The van der Waals surface area contributed by atoms with E-state index in [1.807, 2.05) is 14.0 Å². The predicted octanol–water partition coefficient (Wildman–Crippen LogP) is 1.67. The van der Waals surface area contributed by atoms with Crippen LogP contribution in [0.1, 0.15) is 39.1 Å². The number of amides is 1. The van der Waals surface area contributed by atoms with Gasteiger partial charge in [-0.15, -0.1) is 0 Å². The monoisotopic (exact) mass is 279 g/mol. The van der Waals surface area contributed by atoms with Gasteiger partial charge in [0.2, 0.25) is 5.91 Å². The first-order valence-corrected chi connectivity index (χ1v) is 6.81. The standard InChI is InChI=1S/C14H25N5O/c1-9-11(15-6)18-13(14(3,4)5)19-12(9)17-8-7-16-10(2)20/h7-8H2,1-6H3,(H,16,20)(H2,15,17,18,19). The molecular formula is C14H25N5O. The Kier molecular flexibility index (Phi) is 5.30. The number of anilines is 2. The molecule has 0 spiro atoms. The van der Waals surface area contributed by atoms with Gasteiger partial charge in [0, 0.05) is 38.0 Å². The molecule has 0 fully saturated rings. The Morgan fingerprint density at radius 1 is 1.15 bits per heavy atom. The third kappa shape index (κ3) is 4.36. The number of nitrogens with one attached hydrogen (secondary N) is 3. The Labute approximate surface area is 120 Å². The van der Waals surface area contributed by atoms with E-state index < -0.39 is 0 Å². The Balaban J connectivity index is 2.91. The average Bonchev–Trinajstić information content (AvgIpc) is 2.34. The van der Waals surface area contributed by atoms with Crippen molar-refractivity contribution in [3.05, 3.63) is 11.4 Å². The third-order valence-corrected chi connectivity index (χ3v) is 2.84. The van der Waals surface area contributed by atoms with Gasteiger partial charge in [-0.3, -0.25) is 4.79 Å². The van der Waals surface area contributed by atoms with Gasteiger partial charge in [-0.2, -0.15) is 0 Å². The van der Waals surface area contributed by atoms with Crippen LogP contribution in [0.25, 0.3) is 0 Å². The summed E-state index contributed by atoms with van der Waals surface area (Å²) < 4.78 is 0. The number of hydrogen-bond donors (Lipinski definition) is 3. The molecule has 3 N–H and O–H groups in total. The van der Waals surface area contributed by atoms with Gasteiger partial charge in [0.25, 0.3) is 0 Å². The van der Waals surface area contributed by atoms with Crippen molar-refractivity contribution >= 4 is 17.5 Å². The molecule has 1 aromatic rings. The molecule has 0 saturated heterocycles. The summed E-state index contributed by atoms with van der Waals surface area (Å²) in [6.07, 6.45) is 0. The first-order chi connectivity index (χ1) is 9.25. The average molecular weight is 279 g/mol. The lowest BCUT2D eigenvalue weighted by Gasteiger charge is -2.20. The predicted molar refractivity (Wildman–Crippen MR) is 82.2 cm³/mol. The fourth-order valence-corrected chi connectivity index (χ4v) is 1.69. The molecule has 0 aliphatic rings. The van der Waals surface area contributed by atoms with Gasteiger partial charge in [-0.05, 0) is 6.92 Å². The van der Waals surface area contributed by atoms with Crippen molar-refractivity contribution in [2.24, 2.45) is 0 Å². The van der Waals surface area contributed by atoms with Crippen molar-refractivity contribution < 1.29 is 4.79 Å². The van der Waals surface area contributed by atoms with E-state index in [0.29, 0.717) is 13.1 Å². The van der Waals surface area contributed by atoms with Gasteiger partial charge in [0.15, 0.2) is 0 Å². The van der Waals surface area contributed by atoms with Crippen LogP contribution < -0.4 is 16.0 Å². The molecule has 0 atom stereocenters. The summed E-state index contributed by atoms with van der Waals surface area (Å²) in [5, 5.41) is 9.09. The Hall–Kier alpha value is -1.85. The zero-order chi connectivity index (χ0) is 15.3. The number of hydrogen-bond acceptors (Lipinski definition) is 5. The number of nitrogens with zero attached hydrogens (tertiary/aromatic N) is 2. The first-order valence-electron chi connectivity index (χ1n) is 6.81. The number of aromatic nitrogens is 2. The summed E-state index contributed by atoms with van der Waals surface area (Å²) >= 11 is 0. The van der Waals surface area contributed by atoms with Crippen molar-refractivity contribution in [3.63, 3.8) is 0 Å². The largest absolute Gasteiger partial charge is 0.373 e. The molecule has 20 heavy (non-hydrogen) atoms. The zero-order valence-corrected chi connectivity index (χ0v) is 13.2. The highest BCUT2D eigenvalue weighted by Crippen LogP contribution is 2.25. The van der Waals surface area contributed by atoms with Crippen LogP contribution >= 0.6 is 0 Å². The lowest BCUT2D eigenvalue weighted by Crippen LogP contribution is -2.27. The quantitative estimate of drug-likeness (QED) is 0.715. The summed E-state index contributed by atoms with van der Waals surface area (Å²) in [6, 6.07) is 0. The van der Waals surface area contributed by atoms with Crippen LogP contribution in [-0.4, -0.2) is 36.0 Å². The van der Waals surface area contributed by atoms with Gasteiger partial charge in [0.05, 0.1) is 0 Å². The molecule has 1 aromatic heterocycles. The highest BCUT2D eigenvalue weighted by Gasteiger charge is 2.20. The van der Waals surface area contributed by atoms with Crippen molar-refractivity contribution in [1.82, 2.24) is 15.3 Å². The minimum atomic E-state index is -0.118. The van der Waals surface area contributed by atoms with Gasteiger partial charge < -0.3 is 16.0 Å². The first kappa shape index (κ1) is 16.2. The molecule has 0 aliphatic carbocycles. The van der Waals surface area contributed by atoms with E-state index in [2.05, 4.69) is 46.7 Å². The van der Waals surface area contributed by atoms with Crippen LogP contribution in [0.2, 0.25) is 0 Å². The minimum Gasteiger partial charge on any atom is -0.373 e. The van der Waals surface area contributed by atoms with E-state index in [9.17, 15) is 4.79 Å². The molecule has 1 amide bonds. The number of rotatable bonds is 5. The van der Waals surface area contributed by atoms with Crippen LogP contribution in [0.15, 0.2) is 0 Å². The summed E-state index contributed by atoms with van der Waals surface area (Å²) in [5.41, 5.74) is 0.858. The molecule has 0 unspecified atom stereocenters. The fraction of sp³-hybridized carbons (Fsp3) is 0.643. The smallest absolute Gasteiger partial charge is 0.216 e. The summed E-state index contributed by atoms with van der Waals surface area (Å²) in [6.45, 7) is 10.9. The van der Waals surface area contributed by atoms with Crippen LogP contribution in [-0.2, 0) is 10.2 Å². The molecule has 0 aliphatic heterocycles. The Bertz CT molecular complexity index is 479. The fourth-order valence-electron chi connectivity index (χ4n) is 1.69. The number of carbonyl (C=O) groups is 1. The van der Waals surface area contributed by atoms with Crippen molar-refractivity contribution in [1.29, 1.82) is 0 Å². The summed E-state index contributed by atoms with van der Waals surface area (Å²) in [7, 11) is 1.85. The maximum Gasteiger partial charge on any atom is 0.216 e. The Morgan fingerprint density at radius 3 is 2.25 bits per heavy atom. The lowest BCUT2D eigenvalue weighted by molar-refractivity contribution is -0.118. The number of carbonyl (C=O) groups excluding carboxylic acids is 1. The molecule has 0 saturated carbocycles. The van der Waals surface area contributed by atoms with Gasteiger partial charge in [-0.1, -0.05) is 20.8 Å². The molecular weight excluding hydrogens is 254 g/mol. The molecule has 0 bridgehead atoms. The molecule has 0 radical (unpaired) electrons. The van der Waals surface area contributed by atoms with E-state index in [0.717, 1.165) is 23.0 Å². The van der Waals surface area contributed by atoms with Crippen molar-refractivity contribution in [2.45, 2.75) is 40.0 Å². The summed E-state index contributed by atoms with van der Waals surface area (Å²) in [4.78, 5) is 20.0. The van der Waals surface area contributed by atoms with Crippen LogP contribution in [0, 0.1) is 6.92 Å². The summed E-state index contributed by atoms with van der Waals surface area (Å²) in [5.74, 6) is 2.39. The molecule has 112 valence electrons. The van der Waals surface area contributed by atoms with Crippen molar-refractivity contribution in [3.8, 4) is 0 Å². The van der Waals surface area contributed by atoms with Gasteiger partial charge in [0.1, 0.15) is 17.5 Å². The topological polar surface area (TPSA) is 78.9 Å². The van der Waals surface area contributed by atoms with Crippen molar-refractivity contribution in [2.75, 3.05) is 30.8 Å². The Morgan fingerprint density at radius 2 is 1.75 bits per heavy atom. The second kappa shape index (κ2) is 6.54. The third-order valence-electron chi connectivity index (χ3n) is 2.84. The lowest BCUT2D eigenvalue weighted by atomic mass is 9.95. The van der Waals surface area contributed by atoms with E-state index >= 15 is 0 Å². The highest BCUT2D eigenvalue weighted by molar-refractivity contribution is 5.72. The van der Waals surface area contributed by atoms with E-state index in [1.54, 1.807) is 0 Å². The second-order valence-corrected chi connectivity index (χ2v) is 5.78. The highest BCUT2D eigenvalue weighted by atomic mass is 16.1. The maximum atomic E-state index is 10.8. The second-order valence-electron chi connectivity index (χ2n) is 5.78. The molecule has 1 rings (SSSR count). The zero-order valence-electron chi connectivity index (χ0n) is 13.2. The maximum absolute atomic E-state index is 10.8. The van der Waals surface area contributed by atoms with E-state index in [4.69, 9.17) is 0 Å². The molecule has 0 aromatic carbocycles. The van der Waals surface area contributed by atoms with E-state index in [1.165, 1.54) is 6.92 Å². The van der Waals surface area contributed by atoms with Crippen LogP contribution in [0.3, 0.4) is 0 Å². The molecule has 6 nitrogen and oxygen atoms in total. The van der Waals surface area contributed by atoms with Crippen LogP contribution in [0.5, 0.6) is 0 Å². The molecule has 1 heterocycles. The SMILES string of the molecule is CNc1nc(C(C)(C)C)nc(NCCNC(C)=O)c1C. The molecule has 6 heteroatoms. The van der Waals surface area contributed by atoms with Crippen LogP contribution in [0.4, 0.5) is 11.6 Å². The normalized spacial score (nSPS) is 11.1. The minimum absolute atomic E-state index is 0.0301. The van der Waals surface area contributed by atoms with E-state index in [-0.39, 0.29) is 11.3 Å². The van der Waals surface area contributed by atoms with Gasteiger partial charge in [-0.25, -0.2) is 9.97 Å².